The van der Waals surface area contributed by atoms with Gasteiger partial charge >= 0.3 is 0 Å². The third-order valence-corrected chi connectivity index (χ3v) is 5.13. The Bertz CT molecular complexity index is 806. The lowest BCUT2D eigenvalue weighted by Crippen LogP contribution is -2.36. The standard InChI is InChI=1S/C19H19N3O3/c1-21-11-15-16(17(21)12-4-3-9-20-10-12)19(24)22(18(15)23)13-5-7-14(25-2)8-6-13/h3-10,15-17H,11H2,1-2H3/t15-,16-,17+/m1/s1. The van der Waals surface area contributed by atoms with Crippen LogP contribution in [0.4, 0.5) is 5.69 Å². The predicted octanol–water partition coefficient (Wildman–Crippen LogP) is 1.88. The highest BCUT2D eigenvalue weighted by Gasteiger charge is 2.57. The number of hydrogen-bond donors (Lipinski definition) is 0. The smallest absolute Gasteiger partial charge is 0.239 e. The fraction of sp³-hybridized carbons (Fsp3) is 0.316. The first kappa shape index (κ1) is 15.8. The quantitative estimate of drug-likeness (QED) is 0.800. The number of ether oxygens (including phenoxy) is 1. The molecule has 2 fully saturated rings. The Balaban J connectivity index is 1.69. The minimum Gasteiger partial charge on any atom is -0.497 e. The van der Waals surface area contributed by atoms with Crippen molar-refractivity contribution < 1.29 is 14.3 Å². The van der Waals surface area contributed by atoms with E-state index in [1.807, 2.05) is 19.2 Å². The van der Waals surface area contributed by atoms with E-state index in [4.69, 9.17) is 4.74 Å². The van der Waals surface area contributed by atoms with Crippen molar-refractivity contribution in [1.29, 1.82) is 0 Å². The number of amides is 2. The number of likely N-dealkylation sites (tertiary alicyclic amines) is 1. The van der Waals surface area contributed by atoms with Gasteiger partial charge in [-0.15, -0.1) is 0 Å². The van der Waals surface area contributed by atoms with Gasteiger partial charge in [-0.2, -0.15) is 0 Å². The van der Waals surface area contributed by atoms with Crippen molar-refractivity contribution in [3.8, 4) is 5.75 Å². The van der Waals surface area contributed by atoms with Crippen molar-refractivity contribution in [2.24, 2.45) is 11.8 Å². The average molecular weight is 337 g/mol. The molecule has 6 nitrogen and oxygen atoms in total. The number of carbonyl (C=O) groups excluding carboxylic acids is 2. The Kier molecular flexibility index (Phi) is 3.77. The number of anilines is 1. The van der Waals surface area contributed by atoms with Crippen molar-refractivity contribution in [1.82, 2.24) is 9.88 Å². The summed E-state index contributed by atoms with van der Waals surface area (Å²) in [6, 6.07) is 10.7. The molecule has 6 heteroatoms. The second kappa shape index (κ2) is 5.97. The molecule has 128 valence electrons. The van der Waals surface area contributed by atoms with Gasteiger partial charge in [0.05, 0.1) is 24.6 Å². The molecular weight excluding hydrogens is 318 g/mol. The molecule has 1 aromatic heterocycles. The van der Waals surface area contributed by atoms with Crippen LogP contribution >= 0.6 is 0 Å². The number of carbonyl (C=O) groups is 2. The molecule has 2 aliphatic rings. The molecule has 4 rings (SSSR count). The van der Waals surface area contributed by atoms with Crippen LogP contribution in [0.25, 0.3) is 0 Å². The average Bonchev–Trinajstić information content (AvgIpc) is 3.10. The van der Waals surface area contributed by atoms with E-state index in [1.54, 1.807) is 43.8 Å². The molecule has 0 N–H and O–H groups in total. The summed E-state index contributed by atoms with van der Waals surface area (Å²) >= 11 is 0. The van der Waals surface area contributed by atoms with E-state index < -0.39 is 0 Å². The molecular formula is C19H19N3O3. The summed E-state index contributed by atoms with van der Waals surface area (Å²) in [7, 11) is 3.54. The molecule has 2 aliphatic heterocycles. The number of pyridine rings is 1. The highest BCUT2D eigenvalue weighted by atomic mass is 16.5. The monoisotopic (exact) mass is 337 g/mol. The molecule has 2 amide bonds. The van der Waals surface area contributed by atoms with Gasteiger partial charge in [-0.25, -0.2) is 4.90 Å². The van der Waals surface area contributed by atoms with Crippen LogP contribution in [0.3, 0.4) is 0 Å². The maximum absolute atomic E-state index is 13.1. The number of fused-ring (bicyclic) bond motifs is 1. The maximum Gasteiger partial charge on any atom is 0.239 e. The van der Waals surface area contributed by atoms with E-state index in [0.717, 1.165) is 5.56 Å². The minimum absolute atomic E-state index is 0.126. The van der Waals surface area contributed by atoms with E-state index in [0.29, 0.717) is 18.0 Å². The zero-order valence-corrected chi connectivity index (χ0v) is 14.1. The molecule has 2 saturated heterocycles. The molecule has 0 spiro atoms. The Morgan fingerprint density at radius 3 is 2.52 bits per heavy atom. The summed E-state index contributed by atoms with van der Waals surface area (Å²) in [5.41, 5.74) is 1.56. The van der Waals surface area contributed by atoms with E-state index >= 15 is 0 Å². The summed E-state index contributed by atoms with van der Waals surface area (Å²) in [6.45, 7) is 0.571. The molecule has 0 bridgehead atoms. The van der Waals surface area contributed by atoms with Crippen LogP contribution in [0, 0.1) is 11.8 Å². The van der Waals surface area contributed by atoms with Gasteiger partial charge in [0.25, 0.3) is 0 Å². The molecule has 0 radical (unpaired) electrons. The van der Waals surface area contributed by atoms with Crippen LogP contribution in [-0.2, 0) is 9.59 Å². The normalized spacial score (nSPS) is 26.2. The van der Waals surface area contributed by atoms with Crippen molar-refractivity contribution in [2.45, 2.75) is 6.04 Å². The van der Waals surface area contributed by atoms with Gasteiger partial charge in [0.15, 0.2) is 0 Å². The fourth-order valence-electron chi connectivity index (χ4n) is 3.99. The number of nitrogens with zero attached hydrogens (tertiary/aromatic N) is 3. The van der Waals surface area contributed by atoms with E-state index in [2.05, 4.69) is 9.88 Å². The SMILES string of the molecule is COc1ccc(N2C(=O)[C@@H]3[C@@H](CN(C)[C@H]3c3cccnc3)C2=O)cc1. The third kappa shape index (κ3) is 2.41. The fourth-order valence-corrected chi connectivity index (χ4v) is 3.99. The second-order valence-corrected chi connectivity index (χ2v) is 6.51. The first-order valence-electron chi connectivity index (χ1n) is 8.24. The molecule has 0 unspecified atom stereocenters. The molecule has 3 heterocycles. The Labute approximate surface area is 146 Å². The topological polar surface area (TPSA) is 62.7 Å². The number of rotatable bonds is 3. The second-order valence-electron chi connectivity index (χ2n) is 6.51. The molecule has 3 atom stereocenters. The lowest BCUT2D eigenvalue weighted by Gasteiger charge is -2.25. The van der Waals surface area contributed by atoms with Crippen LogP contribution in [0.5, 0.6) is 5.75 Å². The Morgan fingerprint density at radius 1 is 1.12 bits per heavy atom. The van der Waals surface area contributed by atoms with Gasteiger partial charge in [-0.3, -0.25) is 19.5 Å². The summed E-state index contributed by atoms with van der Waals surface area (Å²) in [6.07, 6.45) is 3.48. The summed E-state index contributed by atoms with van der Waals surface area (Å²) in [5, 5.41) is 0. The Morgan fingerprint density at radius 2 is 1.88 bits per heavy atom. The predicted molar refractivity (Wildman–Crippen MR) is 92.1 cm³/mol. The highest BCUT2D eigenvalue weighted by Crippen LogP contribution is 2.46. The van der Waals surface area contributed by atoms with Crippen molar-refractivity contribution in [2.75, 3.05) is 25.6 Å². The molecule has 2 aromatic rings. The van der Waals surface area contributed by atoms with Crippen LogP contribution in [0.15, 0.2) is 48.8 Å². The van der Waals surface area contributed by atoms with E-state index in [-0.39, 0.29) is 29.7 Å². The first-order valence-corrected chi connectivity index (χ1v) is 8.24. The van der Waals surface area contributed by atoms with Gasteiger partial charge in [-0.1, -0.05) is 6.07 Å². The largest absolute Gasteiger partial charge is 0.497 e. The number of hydrogen-bond acceptors (Lipinski definition) is 5. The third-order valence-electron chi connectivity index (χ3n) is 5.13. The van der Waals surface area contributed by atoms with Gasteiger partial charge in [0.2, 0.25) is 11.8 Å². The van der Waals surface area contributed by atoms with Crippen LogP contribution < -0.4 is 9.64 Å². The van der Waals surface area contributed by atoms with Crippen molar-refractivity contribution >= 4 is 17.5 Å². The molecule has 0 aliphatic carbocycles. The molecule has 1 aromatic carbocycles. The van der Waals surface area contributed by atoms with Crippen molar-refractivity contribution in [3.05, 3.63) is 54.4 Å². The van der Waals surface area contributed by atoms with Gasteiger partial charge < -0.3 is 4.74 Å². The summed E-state index contributed by atoms with van der Waals surface area (Å²) < 4.78 is 5.15. The van der Waals surface area contributed by atoms with Crippen LogP contribution in [-0.4, -0.2) is 42.4 Å². The van der Waals surface area contributed by atoms with Crippen molar-refractivity contribution in [3.63, 3.8) is 0 Å². The van der Waals surface area contributed by atoms with Gasteiger partial charge in [0, 0.05) is 25.0 Å². The van der Waals surface area contributed by atoms with Crippen LogP contribution in [0.2, 0.25) is 0 Å². The highest BCUT2D eigenvalue weighted by molar-refractivity contribution is 6.22. The van der Waals surface area contributed by atoms with E-state index in [9.17, 15) is 9.59 Å². The van der Waals surface area contributed by atoms with Gasteiger partial charge in [-0.05, 0) is 42.9 Å². The zero-order valence-electron chi connectivity index (χ0n) is 14.1. The van der Waals surface area contributed by atoms with Gasteiger partial charge in [0.1, 0.15) is 5.75 Å². The maximum atomic E-state index is 13.1. The first-order chi connectivity index (χ1) is 12.1. The number of aromatic nitrogens is 1. The molecule has 0 saturated carbocycles. The lowest BCUT2D eigenvalue weighted by atomic mass is 9.89. The number of benzene rings is 1. The molecule has 25 heavy (non-hydrogen) atoms. The summed E-state index contributed by atoms with van der Waals surface area (Å²) in [5.74, 6) is -0.263. The number of imide groups is 1. The minimum atomic E-state index is -0.371. The van der Waals surface area contributed by atoms with E-state index in [1.165, 1.54) is 4.90 Å². The summed E-state index contributed by atoms with van der Waals surface area (Å²) in [4.78, 5) is 33.6. The lowest BCUT2D eigenvalue weighted by molar-refractivity contribution is -0.123. The zero-order chi connectivity index (χ0) is 17.6. The number of methoxy groups -OCH3 is 1. The Hall–Kier alpha value is -2.73. The van der Waals surface area contributed by atoms with Crippen LogP contribution in [0.1, 0.15) is 11.6 Å².